The van der Waals surface area contributed by atoms with E-state index in [-0.39, 0.29) is 23.6 Å². The first-order valence-corrected chi connectivity index (χ1v) is 10.8. The Balaban J connectivity index is 1.76. The Morgan fingerprint density at radius 2 is 1.90 bits per heavy atom. The van der Waals surface area contributed by atoms with Gasteiger partial charge in [0.1, 0.15) is 5.82 Å². The molecule has 5 rings (SSSR count). The van der Waals surface area contributed by atoms with Crippen LogP contribution >= 0.6 is 0 Å². The summed E-state index contributed by atoms with van der Waals surface area (Å²) in [5, 5.41) is 17.4. The Kier molecular flexibility index (Phi) is 4.76. The Labute approximate surface area is 179 Å². The van der Waals surface area contributed by atoms with E-state index in [0.29, 0.717) is 12.8 Å². The largest absolute Gasteiger partial charge is 0.481 e. The molecule has 6 nitrogen and oxygen atoms in total. The molecule has 160 valence electrons. The van der Waals surface area contributed by atoms with Crippen molar-refractivity contribution in [2.45, 2.75) is 51.4 Å². The SMILES string of the molecule is CC(C)c1c(C2CCC(C(=O)O)CC2)c2nc3[nH]ncc3cc2n1-c1ccc(F)cc1. The molecule has 0 radical (unpaired) electrons. The van der Waals surface area contributed by atoms with Gasteiger partial charge in [-0.05, 0) is 67.9 Å². The lowest BCUT2D eigenvalue weighted by Gasteiger charge is -2.27. The van der Waals surface area contributed by atoms with Gasteiger partial charge in [-0.3, -0.25) is 9.89 Å². The number of carboxylic acid groups (broad SMARTS) is 1. The number of halogens is 1. The Morgan fingerprint density at radius 1 is 1.19 bits per heavy atom. The van der Waals surface area contributed by atoms with Crippen molar-refractivity contribution in [2.24, 2.45) is 5.92 Å². The van der Waals surface area contributed by atoms with Crippen LogP contribution in [0, 0.1) is 11.7 Å². The molecule has 31 heavy (non-hydrogen) atoms. The average Bonchev–Trinajstić information content (AvgIpc) is 3.34. The van der Waals surface area contributed by atoms with Gasteiger partial charge in [-0.25, -0.2) is 9.37 Å². The van der Waals surface area contributed by atoms with Crippen LogP contribution < -0.4 is 0 Å². The topological polar surface area (TPSA) is 83.8 Å². The molecular weight excluding hydrogens is 395 g/mol. The van der Waals surface area contributed by atoms with Gasteiger partial charge in [0, 0.05) is 22.3 Å². The lowest BCUT2D eigenvalue weighted by atomic mass is 9.77. The molecule has 1 aliphatic carbocycles. The maximum Gasteiger partial charge on any atom is 0.306 e. The van der Waals surface area contributed by atoms with Crippen molar-refractivity contribution >= 4 is 28.0 Å². The van der Waals surface area contributed by atoms with E-state index in [1.807, 2.05) is 0 Å². The molecule has 7 heteroatoms. The first-order chi connectivity index (χ1) is 14.9. The van der Waals surface area contributed by atoms with Crippen LogP contribution in [0.25, 0.3) is 27.8 Å². The van der Waals surface area contributed by atoms with Gasteiger partial charge in [-0.1, -0.05) is 13.8 Å². The summed E-state index contributed by atoms with van der Waals surface area (Å²) < 4.78 is 15.8. The molecule has 1 fully saturated rings. The Bertz CT molecular complexity index is 1260. The van der Waals surface area contributed by atoms with Crippen LogP contribution in [0.4, 0.5) is 4.39 Å². The second kappa shape index (κ2) is 7.48. The fraction of sp³-hybridized carbons (Fsp3) is 0.375. The van der Waals surface area contributed by atoms with Gasteiger partial charge in [0.25, 0.3) is 0 Å². The predicted octanol–water partition coefficient (Wildman–Crippen LogP) is 5.52. The lowest BCUT2D eigenvalue weighted by Crippen LogP contribution is -2.21. The molecule has 0 saturated heterocycles. The number of aliphatic carboxylic acids is 1. The van der Waals surface area contributed by atoms with Crippen molar-refractivity contribution in [1.29, 1.82) is 0 Å². The molecule has 2 N–H and O–H groups in total. The molecular formula is C24H25FN4O2. The number of benzene rings is 1. The summed E-state index contributed by atoms with van der Waals surface area (Å²) in [5.41, 5.74) is 5.87. The van der Waals surface area contributed by atoms with E-state index in [1.165, 1.54) is 17.7 Å². The number of H-pyrrole nitrogens is 1. The fourth-order valence-corrected chi connectivity index (χ4v) is 5.08. The number of nitrogens with zero attached hydrogens (tertiary/aromatic N) is 3. The summed E-state index contributed by atoms with van der Waals surface area (Å²) in [6.45, 7) is 4.32. The molecule has 0 spiro atoms. The van der Waals surface area contributed by atoms with Gasteiger partial charge in [0.05, 0.1) is 23.1 Å². The lowest BCUT2D eigenvalue weighted by molar-refractivity contribution is -0.142. The quantitative estimate of drug-likeness (QED) is 0.455. The van der Waals surface area contributed by atoms with Gasteiger partial charge in [-0.15, -0.1) is 0 Å². The molecule has 4 aromatic rings. The van der Waals surface area contributed by atoms with E-state index >= 15 is 0 Å². The van der Waals surface area contributed by atoms with Gasteiger partial charge in [0.2, 0.25) is 0 Å². The Hall–Kier alpha value is -3.22. The first-order valence-electron chi connectivity index (χ1n) is 10.8. The molecule has 0 bridgehead atoms. The molecule has 3 aromatic heterocycles. The van der Waals surface area contributed by atoms with Crippen molar-refractivity contribution < 1.29 is 14.3 Å². The number of hydrogen-bond acceptors (Lipinski definition) is 3. The van der Waals surface area contributed by atoms with Crippen LogP contribution in [0.3, 0.4) is 0 Å². The number of pyridine rings is 1. The summed E-state index contributed by atoms with van der Waals surface area (Å²) in [5.74, 6) is -0.785. The zero-order chi connectivity index (χ0) is 21.7. The highest BCUT2D eigenvalue weighted by Crippen LogP contribution is 2.44. The number of fused-ring (bicyclic) bond motifs is 2. The van der Waals surface area contributed by atoms with Gasteiger partial charge < -0.3 is 9.67 Å². The van der Waals surface area contributed by atoms with E-state index in [4.69, 9.17) is 4.98 Å². The number of aromatic nitrogens is 4. The molecule has 3 heterocycles. The molecule has 1 saturated carbocycles. The van der Waals surface area contributed by atoms with Crippen LogP contribution in [-0.2, 0) is 4.79 Å². The van der Waals surface area contributed by atoms with Crippen LogP contribution in [0.1, 0.15) is 62.6 Å². The molecule has 0 unspecified atom stereocenters. The normalized spacial score (nSPS) is 19.5. The number of hydrogen-bond donors (Lipinski definition) is 2. The third-order valence-corrected chi connectivity index (χ3v) is 6.54. The number of carboxylic acids is 1. The molecule has 1 aromatic carbocycles. The minimum Gasteiger partial charge on any atom is -0.481 e. The molecule has 0 atom stereocenters. The maximum absolute atomic E-state index is 13.7. The van der Waals surface area contributed by atoms with Crippen molar-refractivity contribution in [2.75, 3.05) is 0 Å². The second-order valence-electron chi connectivity index (χ2n) is 8.82. The summed E-state index contributed by atoms with van der Waals surface area (Å²) in [6.07, 6.45) is 4.75. The highest BCUT2D eigenvalue weighted by atomic mass is 19.1. The third kappa shape index (κ3) is 3.28. The minimum absolute atomic E-state index is 0.211. The van der Waals surface area contributed by atoms with Crippen molar-refractivity contribution in [1.82, 2.24) is 19.7 Å². The van der Waals surface area contributed by atoms with Crippen LogP contribution in [0.5, 0.6) is 0 Å². The van der Waals surface area contributed by atoms with E-state index in [9.17, 15) is 14.3 Å². The number of aromatic amines is 1. The van der Waals surface area contributed by atoms with Crippen LogP contribution in [-0.4, -0.2) is 30.8 Å². The summed E-state index contributed by atoms with van der Waals surface area (Å²) in [4.78, 5) is 16.4. The zero-order valence-corrected chi connectivity index (χ0v) is 17.6. The number of nitrogens with one attached hydrogen (secondary N) is 1. The number of carbonyl (C=O) groups is 1. The summed E-state index contributed by atoms with van der Waals surface area (Å²) >= 11 is 0. The van der Waals surface area contributed by atoms with E-state index < -0.39 is 5.97 Å². The zero-order valence-electron chi connectivity index (χ0n) is 17.6. The fourth-order valence-electron chi connectivity index (χ4n) is 5.08. The third-order valence-electron chi connectivity index (χ3n) is 6.54. The van der Waals surface area contributed by atoms with Crippen LogP contribution in [0.2, 0.25) is 0 Å². The Morgan fingerprint density at radius 3 is 2.55 bits per heavy atom. The molecule has 1 aliphatic rings. The standard InChI is InChI=1S/C24H25FN4O2/c1-13(2)22-20(14-3-5-15(6-4-14)24(30)31)21-19(11-16-12-26-28-23(16)27-21)29(22)18-9-7-17(25)8-10-18/h7-15H,3-6H2,1-2H3,(H,30,31)(H,26,27,28). The average molecular weight is 420 g/mol. The smallest absolute Gasteiger partial charge is 0.306 e. The first kappa shape index (κ1) is 19.7. The van der Waals surface area contributed by atoms with E-state index in [1.54, 1.807) is 18.3 Å². The van der Waals surface area contributed by atoms with Crippen molar-refractivity contribution in [3.63, 3.8) is 0 Å². The molecule has 0 amide bonds. The van der Waals surface area contributed by atoms with Crippen molar-refractivity contribution in [3.05, 3.63) is 53.6 Å². The highest BCUT2D eigenvalue weighted by Gasteiger charge is 2.32. The second-order valence-corrected chi connectivity index (χ2v) is 8.82. The number of rotatable bonds is 4. The van der Waals surface area contributed by atoms with E-state index in [0.717, 1.165) is 46.3 Å². The highest BCUT2D eigenvalue weighted by molar-refractivity contribution is 5.93. The summed E-state index contributed by atoms with van der Waals surface area (Å²) in [7, 11) is 0. The van der Waals surface area contributed by atoms with Crippen LogP contribution in [0.15, 0.2) is 36.5 Å². The predicted molar refractivity (Wildman–Crippen MR) is 117 cm³/mol. The van der Waals surface area contributed by atoms with Gasteiger partial charge in [-0.2, -0.15) is 5.10 Å². The molecule has 0 aliphatic heterocycles. The van der Waals surface area contributed by atoms with E-state index in [2.05, 4.69) is 34.7 Å². The van der Waals surface area contributed by atoms with Crippen molar-refractivity contribution in [3.8, 4) is 5.69 Å². The summed E-state index contributed by atoms with van der Waals surface area (Å²) in [6, 6.07) is 8.64. The maximum atomic E-state index is 13.7. The van der Waals surface area contributed by atoms with Gasteiger partial charge in [0.15, 0.2) is 5.65 Å². The minimum atomic E-state index is -0.700. The van der Waals surface area contributed by atoms with Gasteiger partial charge >= 0.3 is 5.97 Å². The monoisotopic (exact) mass is 420 g/mol.